The summed E-state index contributed by atoms with van der Waals surface area (Å²) in [5.74, 6) is 0.148. The van der Waals surface area contributed by atoms with Crippen LogP contribution in [0.3, 0.4) is 0 Å². The molecule has 0 unspecified atom stereocenters. The molecule has 26 heavy (non-hydrogen) atoms. The molecular formula is C19H30N4O3. The van der Waals surface area contributed by atoms with Gasteiger partial charge in [0.05, 0.1) is 6.54 Å². The van der Waals surface area contributed by atoms with Gasteiger partial charge in [0.15, 0.2) is 0 Å². The molecule has 2 aliphatic heterocycles. The van der Waals surface area contributed by atoms with Crippen LogP contribution >= 0.6 is 0 Å². The van der Waals surface area contributed by atoms with Gasteiger partial charge in [0.25, 0.3) is 0 Å². The van der Waals surface area contributed by atoms with Gasteiger partial charge in [0, 0.05) is 56.8 Å². The topological polar surface area (TPSA) is 67.7 Å². The van der Waals surface area contributed by atoms with Crippen LogP contribution in [0.15, 0.2) is 12.3 Å². The van der Waals surface area contributed by atoms with Crippen LogP contribution in [0, 0.1) is 6.92 Å². The number of hydrogen-bond donors (Lipinski definition) is 0. The lowest BCUT2D eigenvalue weighted by Crippen LogP contribution is -2.49. The maximum Gasteiger partial charge on any atom is 0.410 e. The summed E-state index contributed by atoms with van der Waals surface area (Å²) in [7, 11) is 0. The largest absolute Gasteiger partial charge is 0.441 e. The SMILES string of the molecule is CCC[C@@H](C)N1CC2(CCN(C(=O)CCn3nccc3C)CC2)OC1=O. The number of hydrogen-bond acceptors (Lipinski definition) is 4. The average molecular weight is 362 g/mol. The predicted octanol–water partition coefficient (Wildman–Crippen LogP) is 2.58. The summed E-state index contributed by atoms with van der Waals surface area (Å²) in [6.45, 7) is 8.77. The minimum Gasteiger partial charge on any atom is -0.441 e. The Hall–Kier alpha value is -2.05. The van der Waals surface area contributed by atoms with Gasteiger partial charge < -0.3 is 14.5 Å². The third-order valence-electron chi connectivity index (χ3n) is 5.73. The first-order valence-corrected chi connectivity index (χ1v) is 9.70. The molecule has 1 atom stereocenters. The number of piperidine rings is 1. The quantitative estimate of drug-likeness (QED) is 0.780. The number of amides is 2. The van der Waals surface area contributed by atoms with E-state index in [2.05, 4.69) is 18.9 Å². The summed E-state index contributed by atoms with van der Waals surface area (Å²) >= 11 is 0. The highest BCUT2D eigenvalue weighted by atomic mass is 16.6. The number of aryl methyl sites for hydroxylation is 2. The molecule has 3 heterocycles. The molecule has 2 fully saturated rings. The van der Waals surface area contributed by atoms with Gasteiger partial charge >= 0.3 is 6.09 Å². The molecule has 0 aliphatic carbocycles. The van der Waals surface area contributed by atoms with Gasteiger partial charge in [-0.3, -0.25) is 9.48 Å². The first-order valence-electron chi connectivity index (χ1n) is 9.70. The van der Waals surface area contributed by atoms with Crippen molar-refractivity contribution >= 4 is 12.0 Å². The fraction of sp³-hybridized carbons (Fsp3) is 0.737. The van der Waals surface area contributed by atoms with Crippen LogP contribution < -0.4 is 0 Å². The van der Waals surface area contributed by atoms with Gasteiger partial charge in [-0.15, -0.1) is 0 Å². The lowest BCUT2D eigenvalue weighted by atomic mass is 9.90. The van der Waals surface area contributed by atoms with Crippen LogP contribution in [0.2, 0.25) is 0 Å². The summed E-state index contributed by atoms with van der Waals surface area (Å²) in [5, 5.41) is 4.22. The highest BCUT2D eigenvalue weighted by Crippen LogP contribution is 2.34. The Morgan fingerprint density at radius 2 is 2.12 bits per heavy atom. The van der Waals surface area contributed by atoms with E-state index in [1.807, 2.05) is 27.5 Å². The second-order valence-corrected chi connectivity index (χ2v) is 7.64. The first-order chi connectivity index (χ1) is 12.4. The lowest BCUT2D eigenvalue weighted by Gasteiger charge is -2.37. The van der Waals surface area contributed by atoms with Gasteiger partial charge in [-0.2, -0.15) is 5.10 Å². The van der Waals surface area contributed by atoms with E-state index in [0.717, 1.165) is 31.4 Å². The Morgan fingerprint density at radius 3 is 2.73 bits per heavy atom. The maximum atomic E-state index is 12.5. The zero-order valence-corrected chi connectivity index (χ0v) is 16.1. The third kappa shape index (κ3) is 3.86. The van der Waals surface area contributed by atoms with E-state index in [1.165, 1.54) is 0 Å². The van der Waals surface area contributed by atoms with Crippen molar-refractivity contribution in [3.8, 4) is 0 Å². The predicted molar refractivity (Wildman–Crippen MR) is 97.7 cm³/mol. The third-order valence-corrected chi connectivity index (χ3v) is 5.73. The summed E-state index contributed by atoms with van der Waals surface area (Å²) in [6.07, 6.45) is 5.50. The van der Waals surface area contributed by atoms with Crippen molar-refractivity contribution in [2.45, 2.75) is 71.1 Å². The van der Waals surface area contributed by atoms with Gasteiger partial charge in [-0.25, -0.2) is 4.79 Å². The molecule has 144 valence electrons. The van der Waals surface area contributed by atoms with E-state index < -0.39 is 5.60 Å². The Balaban J connectivity index is 1.50. The Labute approximate surface area is 155 Å². The fourth-order valence-corrected chi connectivity index (χ4v) is 3.98. The molecule has 1 aromatic rings. The highest BCUT2D eigenvalue weighted by molar-refractivity contribution is 5.76. The highest BCUT2D eigenvalue weighted by Gasteiger charge is 2.48. The Kier molecular flexibility index (Phi) is 5.53. The molecule has 0 saturated carbocycles. The Bertz CT molecular complexity index is 649. The van der Waals surface area contributed by atoms with E-state index in [-0.39, 0.29) is 18.0 Å². The van der Waals surface area contributed by atoms with Crippen LogP contribution in [0.5, 0.6) is 0 Å². The van der Waals surface area contributed by atoms with Gasteiger partial charge in [0.1, 0.15) is 5.60 Å². The second-order valence-electron chi connectivity index (χ2n) is 7.64. The zero-order chi connectivity index (χ0) is 18.7. The van der Waals surface area contributed by atoms with Gasteiger partial charge in [-0.1, -0.05) is 13.3 Å². The van der Waals surface area contributed by atoms with E-state index in [4.69, 9.17) is 4.74 Å². The molecule has 7 heteroatoms. The minimum absolute atomic E-state index is 0.148. The standard InChI is InChI=1S/C19H30N4O3/c1-4-5-15(2)22-14-19(26-18(22)25)8-12-21(13-9-19)17(24)7-11-23-16(3)6-10-20-23/h6,10,15H,4-5,7-9,11-14H2,1-3H3/t15-/m1/s1. The van der Waals surface area contributed by atoms with Crippen LogP contribution in [0.4, 0.5) is 4.79 Å². The van der Waals surface area contributed by atoms with E-state index >= 15 is 0 Å². The van der Waals surface area contributed by atoms with Crippen molar-refractivity contribution in [2.24, 2.45) is 0 Å². The molecule has 2 aliphatic rings. The minimum atomic E-state index is -0.408. The number of carbonyl (C=O) groups is 2. The number of nitrogens with zero attached hydrogens (tertiary/aromatic N) is 4. The van der Waals surface area contributed by atoms with Crippen LogP contribution in [0.25, 0.3) is 0 Å². The number of rotatable bonds is 6. The summed E-state index contributed by atoms with van der Waals surface area (Å²) in [5.41, 5.74) is 0.656. The first kappa shape index (κ1) is 18.7. The van der Waals surface area contributed by atoms with E-state index in [9.17, 15) is 9.59 Å². The van der Waals surface area contributed by atoms with E-state index in [0.29, 0.717) is 32.6 Å². The maximum absolute atomic E-state index is 12.5. The lowest BCUT2D eigenvalue weighted by molar-refractivity contribution is -0.134. The molecule has 0 bridgehead atoms. The monoisotopic (exact) mass is 362 g/mol. The van der Waals surface area contributed by atoms with Crippen molar-refractivity contribution in [3.63, 3.8) is 0 Å². The van der Waals surface area contributed by atoms with Gasteiger partial charge in [-0.05, 0) is 26.3 Å². The van der Waals surface area contributed by atoms with Crippen LogP contribution in [0.1, 0.15) is 51.6 Å². The summed E-state index contributed by atoms with van der Waals surface area (Å²) < 4.78 is 7.62. The fourth-order valence-electron chi connectivity index (χ4n) is 3.98. The molecule has 1 spiro atoms. The number of likely N-dealkylation sites (tertiary alicyclic amines) is 1. The molecule has 1 aromatic heterocycles. The van der Waals surface area contributed by atoms with E-state index in [1.54, 1.807) is 6.20 Å². The van der Waals surface area contributed by atoms with Crippen molar-refractivity contribution in [2.75, 3.05) is 19.6 Å². The van der Waals surface area contributed by atoms with Crippen molar-refractivity contribution in [1.82, 2.24) is 19.6 Å². The van der Waals surface area contributed by atoms with Crippen LogP contribution in [-0.2, 0) is 16.1 Å². The molecule has 7 nitrogen and oxygen atoms in total. The zero-order valence-electron chi connectivity index (χ0n) is 16.1. The molecule has 0 N–H and O–H groups in total. The van der Waals surface area contributed by atoms with Crippen molar-refractivity contribution in [3.05, 3.63) is 18.0 Å². The molecule has 3 rings (SSSR count). The molecule has 0 aromatic carbocycles. The number of carbonyl (C=O) groups excluding carboxylic acids is 2. The van der Waals surface area contributed by atoms with Crippen molar-refractivity contribution < 1.29 is 14.3 Å². The number of aromatic nitrogens is 2. The second kappa shape index (κ2) is 7.68. The molecule has 2 saturated heterocycles. The number of ether oxygens (including phenoxy) is 1. The molecule has 0 radical (unpaired) electrons. The summed E-state index contributed by atoms with van der Waals surface area (Å²) in [4.78, 5) is 28.5. The average Bonchev–Trinajstić information content (AvgIpc) is 3.17. The molecular weight excluding hydrogens is 332 g/mol. The smallest absolute Gasteiger partial charge is 0.410 e. The normalized spacial score (nSPS) is 20.5. The van der Waals surface area contributed by atoms with Crippen molar-refractivity contribution in [1.29, 1.82) is 0 Å². The van der Waals surface area contributed by atoms with Crippen LogP contribution in [-0.4, -0.2) is 62.9 Å². The Morgan fingerprint density at radius 1 is 1.38 bits per heavy atom. The van der Waals surface area contributed by atoms with Gasteiger partial charge in [0.2, 0.25) is 5.91 Å². The summed E-state index contributed by atoms with van der Waals surface area (Å²) in [6, 6.07) is 2.15. The molecule has 2 amide bonds.